The van der Waals surface area contributed by atoms with E-state index in [-0.39, 0.29) is 18.0 Å². The molecule has 2 aromatic rings. The lowest BCUT2D eigenvalue weighted by atomic mass is 10.00. The molecule has 2 aromatic carbocycles. The van der Waals surface area contributed by atoms with Crippen LogP contribution in [-0.2, 0) is 16.2 Å². The Morgan fingerprint density at radius 3 is 2.10 bits per heavy atom. The highest BCUT2D eigenvalue weighted by Gasteiger charge is 2.34. The maximum Gasteiger partial charge on any atom is 0.416 e. The molecule has 1 aliphatic rings. The first-order chi connectivity index (χ1) is 14.5. The molecule has 0 saturated carbocycles. The summed E-state index contributed by atoms with van der Waals surface area (Å²) in [7, 11) is -4.02. The lowest BCUT2D eigenvalue weighted by molar-refractivity contribution is -0.137. The number of aliphatic hydroxyl groups is 1. The van der Waals surface area contributed by atoms with Crippen LogP contribution in [0.4, 0.5) is 13.2 Å². The van der Waals surface area contributed by atoms with Gasteiger partial charge in [0, 0.05) is 32.7 Å². The molecule has 1 N–H and O–H groups in total. The molecule has 1 unspecified atom stereocenters. The lowest BCUT2D eigenvalue weighted by Gasteiger charge is -2.35. The van der Waals surface area contributed by atoms with Crippen molar-refractivity contribution in [3.63, 3.8) is 0 Å². The third-order valence-electron chi connectivity index (χ3n) is 5.55. The monoisotopic (exact) mass is 456 g/mol. The fourth-order valence-electron chi connectivity index (χ4n) is 3.59. The lowest BCUT2D eigenvalue weighted by Crippen LogP contribution is -2.49. The average molecular weight is 457 g/mol. The number of halogens is 3. The van der Waals surface area contributed by atoms with Gasteiger partial charge in [-0.05, 0) is 35.2 Å². The van der Waals surface area contributed by atoms with Gasteiger partial charge in [0.25, 0.3) is 0 Å². The first-order valence-electron chi connectivity index (χ1n) is 10.2. The Hall–Kier alpha value is -1.94. The van der Waals surface area contributed by atoms with E-state index in [4.69, 9.17) is 0 Å². The summed E-state index contributed by atoms with van der Waals surface area (Å²) in [4.78, 5) is 1.60. The minimum Gasteiger partial charge on any atom is -0.387 e. The molecule has 0 bridgehead atoms. The predicted molar refractivity (Wildman–Crippen MR) is 112 cm³/mol. The molecule has 0 aliphatic carbocycles. The summed E-state index contributed by atoms with van der Waals surface area (Å²) in [5.41, 5.74) is 0.992. The number of rotatable bonds is 6. The second-order valence-electron chi connectivity index (χ2n) is 8.07. The van der Waals surface area contributed by atoms with Crippen molar-refractivity contribution in [3.05, 3.63) is 65.2 Å². The summed E-state index contributed by atoms with van der Waals surface area (Å²) in [6, 6.07) is 11.6. The van der Waals surface area contributed by atoms with Crippen LogP contribution < -0.4 is 0 Å². The molecule has 1 fully saturated rings. The molecule has 1 atom stereocenters. The van der Waals surface area contributed by atoms with Crippen molar-refractivity contribution in [2.24, 2.45) is 0 Å². The molecule has 0 amide bonds. The number of piperazine rings is 1. The molecular weight excluding hydrogens is 429 g/mol. The number of hydrogen-bond acceptors (Lipinski definition) is 4. The van der Waals surface area contributed by atoms with E-state index in [1.54, 1.807) is 0 Å². The van der Waals surface area contributed by atoms with Gasteiger partial charge in [-0.1, -0.05) is 44.2 Å². The smallest absolute Gasteiger partial charge is 0.387 e. The van der Waals surface area contributed by atoms with Crippen LogP contribution in [0.5, 0.6) is 0 Å². The zero-order chi connectivity index (χ0) is 22.8. The summed E-state index contributed by atoms with van der Waals surface area (Å²) in [6.07, 6.45) is -5.30. The van der Waals surface area contributed by atoms with Crippen molar-refractivity contribution in [1.29, 1.82) is 0 Å². The zero-order valence-electron chi connectivity index (χ0n) is 17.5. The van der Waals surface area contributed by atoms with Gasteiger partial charge >= 0.3 is 6.18 Å². The molecule has 0 radical (unpaired) electrons. The molecule has 5 nitrogen and oxygen atoms in total. The van der Waals surface area contributed by atoms with Crippen LogP contribution >= 0.6 is 0 Å². The van der Waals surface area contributed by atoms with E-state index in [1.165, 1.54) is 15.9 Å². The van der Waals surface area contributed by atoms with Gasteiger partial charge in [0.2, 0.25) is 10.0 Å². The molecule has 1 aliphatic heterocycles. The van der Waals surface area contributed by atoms with Crippen molar-refractivity contribution in [3.8, 4) is 0 Å². The van der Waals surface area contributed by atoms with Crippen LogP contribution in [0.15, 0.2) is 53.4 Å². The minimum atomic E-state index is -4.60. The highest BCUT2D eigenvalue weighted by atomic mass is 32.2. The summed E-state index contributed by atoms with van der Waals surface area (Å²) < 4.78 is 65.6. The summed E-state index contributed by atoms with van der Waals surface area (Å²) in [5.74, 6) is 0.401. The molecule has 3 rings (SSSR count). The van der Waals surface area contributed by atoms with Gasteiger partial charge in [-0.2, -0.15) is 17.5 Å². The Balaban J connectivity index is 1.61. The van der Waals surface area contributed by atoms with Crippen molar-refractivity contribution >= 4 is 10.0 Å². The maximum atomic E-state index is 12.9. The molecule has 1 saturated heterocycles. The highest BCUT2D eigenvalue weighted by molar-refractivity contribution is 7.89. The van der Waals surface area contributed by atoms with Gasteiger partial charge in [-0.25, -0.2) is 8.42 Å². The van der Waals surface area contributed by atoms with E-state index in [9.17, 15) is 26.7 Å². The topological polar surface area (TPSA) is 60.9 Å². The molecule has 0 spiro atoms. The summed E-state index contributed by atoms with van der Waals surface area (Å²) in [6.45, 7) is 5.63. The van der Waals surface area contributed by atoms with E-state index in [0.29, 0.717) is 31.6 Å². The van der Waals surface area contributed by atoms with Crippen molar-refractivity contribution in [2.75, 3.05) is 32.7 Å². The second kappa shape index (κ2) is 9.28. The van der Waals surface area contributed by atoms with E-state index in [1.807, 2.05) is 29.2 Å². The van der Waals surface area contributed by atoms with Gasteiger partial charge in [0.15, 0.2) is 0 Å². The standard InChI is InChI=1S/C22H27F3N2O3S/c1-16(2)17-6-8-18(9-7-17)21(28)15-26-10-12-27(13-11-26)31(29,30)20-5-3-4-19(14-20)22(23,24)25/h3-9,14,16,21,28H,10-13,15H2,1-2H3. The van der Waals surface area contributed by atoms with Crippen LogP contribution in [0, 0.1) is 0 Å². The van der Waals surface area contributed by atoms with Crippen LogP contribution in [0.1, 0.15) is 42.6 Å². The molecular formula is C22H27F3N2O3S. The third-order valence-corrected chi connectivity index (χ3v) is 7.44. The van der Waals surface area contributed by atoms with E-state index >= 15 is 0 Å². The van der Waals surface area contributed by atoms with E-state index < -0.39 is 27.9 Å². The summed E-state index contributed by atoms with van der Waals surface area (Å²) >= 11 is 0. The van der Waals surface area contributed by atoms with Crippen molar-refractivity contribution in [1.82, 2.24) is 9.21 Å². The van der Waals surface area contributed by atoms with Gasteiger partial charge in [0.05, 0.1) is 16.6 Å². The minimum absolute atomic E-state index is 0.150. The van der Waals surface area contributed by atoms with E-state index in [2.05, 4.69) is 13.8 Å². The number of aliphatic hydroxyl groups excluding tert-OH is 1. The number of hydrogen-bond donors (Lipinski definition) is 1. The van der Waals surface area contributed by atoms with Crippen LogP contribution in [0.2, 0.25) is 0 Å². The van der Waals surface area contributed by atoms with Crippen LogP contribution in [-0.4, -0.2) is 55.5 Å². The Bertz CT molecular complexity index is 984. The molecule has 9 heteroatoms. The van der Waals surface area contributed by atoms with Gasteiger partial charge in [-0.15, -0.1) is 0 Å². The van der Waals surface area contributed by atoms with Crippen molar-refractivity contribution in [2.45, 2.75) is 36.9 Å². The largest absolute Gasteiger partial charge is 0.416 e. The highest BCUT2D eigenvalue weighted by Crippen LogP contribution is 2.31. The Morgan fingerprint density at radius 2 is 1.55 bits per heavy atom. The number of benzene rings is 2. The van der Waals surface area contributed by atoms with Crippen LogP contribution in [0.25, 0.3) is 0 Å². The predicted octanol–water partition coefficient (Wildman–Crippen LogP) is 3.87. The Morgan fingerprint density at radius 1 is 0.968 bits per heavy atom. The average Bonchev–Trinajstić information content (AvgIpc) is 2.73. The third kappa shape index (κ3) is 5.65. The molecule has 1 heterocycles. The maximum absolute atomic E-state index is 12.9. The number of nitrogens with zero attached hydrogens (tertiary/aromatic N) is 2. The first kappa shape index (κ1) is 23.7. The molecule has 170 valence electrons. The molecule has 31 heavy (non-hydrogen) atoms. The van der Waals surface area contributed by atoms with Gasteiger partial charge in [0.1, 0.15) is 0 Å². The molecule has 0 aromatic heterocycles. The Kier molecular flexibility index (Phi) is 7.10. The number of β-amino-alcohol motifs (C(OH)–C–C–N with tert-alkyl or cyclic N) is 1. The van der Waals surface area contributed by atoms with Gasteiger partial charge < -0.3 is 5.11 Å². The fourth-order valence-corrected chi connectivity index (χ4v) is 5.06. The SMILES string of the molecule is CC(C)c1ccc(C(O)CN2CCN(S(=O)(=O)c3cccc(C(F)(F)F)c3)CC2)cc1. The normalized spacial score (nSPS) is 17.8. The van der Waals surface area contributed by atoms with Gasteiger partial charge in [-0.3, -0.25) is 4.90 Å². The quantitative estimate of drug-likeness (QED) is 0.717. The van der Waals surface area contributed by atoms with E-state index in [0.717, 1.165) is 17.7 Å². The van der Waals surface area contributed by atoms with Crippen molar-refractivity contribution < 1.29 is 26.7 Å². The number of alkyl halides is 3. The fraction of sp³-hybridized carbons (Fsp3) is 0.455. The second-order valence-corrected chi connectivity index (χ2v) is 10.0. The first-order valence-corrected chi connectivity index (χ1v) is 11.6. The number of sulfonamides is 1. The van der Waals surface area contributed by atoms with Crippen LogP contribution in [0.3, 0.4) is 0 Å². The summed E-state index contributed by atoms with van der Waals surface area (Å²) in [5, 5.41) is 10.5. The Labute approximate surface area is 181 Å². The zero-order valence-corrected chi connectivity index (χ0v) is 18.3.